The predicted molar refractivity (Wildman–Crippen MR) is 130 cm³/mol. The maximum absolute atomic E-state index is 14.0. The maximum Gasteiger partial charge on any atom is 0.387 e. The van der Waals surface area contributed by atoms with Crippen molar-refractivity contribution in [2.45, 2.75) is 121 Å². The van der Waals surface area contributed by atoms with Crippen LogP contribution >= 0.6 is 0 Å². The van der Waals surface area contributed by atoms with Gasteiger partial charge in [-0.25, -0.2) is 4.39 Å². The average molecular weight is 469 g/mol. The summed E-state index contributed by atoms with van der Waals surface area (Å²) >= 11 is 0. The molecule has 0 radical (unpaired) electrons. The van der Waals surface area contributed by atoms with Gasteiger partial charge in [-0.2, -0.15) is 8.78 Å². The molecule has 2 fully saturated rings. The van der Waals surface area contributed by atoms with E-state index in [1.807, 2.05) is 0 Å². The molecular weight excluding hydrogens is 425 g/mol. The molecule has 1 saturated carbocycles. The Balaban J connectivity index is 1.27. The van der Waals surface area contributed by atoms with Crippen molar-refractivity contribution in [2.75, 3.05) is 0 Å². The van der Waals surface area contributed by atoms with Crippen LogP contribution in [0.15, 0.2) is 18.2 Å². The minimum atomic E-state index is -2.98. The molecule has 0 unspecified atom stereocenters. The Morgan fingerprint density at radius 2 is 1.53 bits per heavy atom. The van der Waals surface area contributed by atoms with Crippen molar-refractivity contribution in [3.8, 4) is 5.75 Å². The molecule has 0 amide bonds. The first-order chi connectivity index (χ1) is 15.5. The minimum absolute atomic E-state index is 0.350. The molecule has 1 aromatic rings. The van der Waals surface area contributed by atoms with Crippen molar-refractivity contribution in [2.24, 2.45) is 11.8 Å². The van der Waals surface area contributed by atoms with E-state index in [1.54, 1.807) is 6.07 Å². The summed E-state index contributed by atoms with van der Waals surface area (Å²) < 4.78 is 42.9. The standard InChI is InChI=1S/C27H43F3OSi/c1-2-3-4-7-21-9-11-22(12-10-21)8-5-6-17-32-18-15-23(16-19-32)24-13-14-26(25(28)20-24)31-27(29)30/h13-14,20-23,27,32H,2-12,15-19H2,1H3. The number of ether oxygens (including phenoxy) is 1. The second kappa shape index (κ2) is 13.7. The van der Waals surface area contributed by atoms with E-state index in [-0.39, 0.29) is 5.75 Å². The molecule has 1 heterocycles. The third kappa shape index (κ3) is 8.42. The van der Waals surface area contributed by atoms with E-state index in [2.05, 4.69) is 11.7 Å². The highest BCUT2D eigenvalue weighted by Crippen LogP contribution is 2.38. The van der Waals surface area contributed by atoms with Gasteiger partial charge in [0.05, 0.1) is 0 Å². The van der Waals surface area contributed by atoms with E-state index in [4.69, 9.17) is 0 Å². The number of unbranched alkanes of at least 4 members (excludes halogenated alkanes) is 3. The first-order valence-corrected chi connectivity index (χ1v) is 15.7. The highest BCUT2D eigenvalue weighted by atomic mass is 28.3. The van der Waals surface area contributed by atoms with Gasteiger partial charge in [-0.05, 0) is 48.3 Å². The lowest BCUT2D eigenvalue weighted by molar-refractivity contribution is -0.0522. The van der Waals surface area contributed by atoms with Crippen LogP contribution < -0.4 is 4.74 Å². The van der Waals surface area contributed by atoms with E-state index in [0.717, 1.165) is 30.2 Å². The normalized spacial score (nSPS) is 26.4. The molecule has 1 aliphatic heterocycles. The summed E-state index contributed by atoms with van der Waals surface area (Å²) in [5.74, 6) is 1.36. The Kier molecular flexibility index (Phi) is 11.0. The molecule has 0 atom stereocenters. The van der Waals surface area contributed by atoms with Crippen LogP contribution in [-0.2, 0) is 0 Å². The third-order valence-electron chi connectivity index (χ3n) is 8.15. The van der Waals surface area contributed by atoms with Crippen molar-refractivity contribution in [1.29, 1.82) is 0 Å². The van der Waals surface area contributed by atoms with Crippen LogP contribution in [0.2, 0.25) is 18.1 Å². The van der Waals surface area contributed by atoms with E-state index in [9.17, 15) is 13.2 Å². The zero-order chi connectivity index (χ0) is 22.8. The number of hydrogen-bond acceptors (Lipinski definition) is 1. The second-order valence-corrected chi connectivity index (χ2v) is 13.9. The molecular formula is C27H43F3OSi. The average Bonchev–Trinajstić information content (AvgIpc) is 2.79. The van der Waals surface area contributed by atoms with E-state index in [0.29, 0.717) is 5.92 Å². The summed E-state index contributed by atoms with van der Waals surface area (Å²) in [6, 6.07) is 8.68. The molecule has 1 saturated heterocycles. The van der Waals surface area contributed by atoms with Crippen LogP contribution in [0.25, 0.3) is 0 Å². The molecule has 1 nitrogen and oxygen atoms in total. The monoisotopic (exact) mass is 468 g/mol. The maximum atomic E-state index is 14.0. The summed E-state index contributed by atoms with van der Waals surface area (Å²) in [6.07, 6.45) is 18.1. The molecule has 1 aromatic carbocycles. The fourth-order valence-corrected chi connectivity index (χ4v) is 9.58. The fraction of sp³-hybridized carbons (Fsp3) is 0.778. The molecule has 0 N–H and O–H groups in total. The van der Waals surface area contributed by atoms with Gasteiger partial charge in [0.15, 0.2) is 11.6 Å². The van der Waals surface area contributed by atoms with Crippen molar-refractivity contribution in [3.63, 3.8) is 0 Å². The van der Waals surface area contributed by atoms with Gasteiger partial charge < -0.3 is 4.74 Å². The lowest BCUT2D eigenvalue weighted by atomic mass is 9.78. The first kappa shape index (κ1) is 25.6. The molecule has 32 heavy (non-hydrogen) atoms. The molecule has 0 spiro atoms. The predicted octanol–water partition coefficient (Wildman–Crippen LogP) is 9.09. The summed E-state index contributed by atoms with van der Waals surface area (Å²) in [4.78, 5) is 0. The number of alkyl halides is 2. The highest BCUT2D eigenvalue weighted by Gasteiger charge is 2.25. The van der Waals surface area contributed by atoms with Gasteiger partial charge >= 0.3 is 6.61 Å². The summed E-state index contributed by atoms with van der Waals surface area (Å²) in [5, 5.41) is 0. The van der Waals surface area contributed by atoms with Crippen LogP contribution in [0.4, 0.5) is 13.2 Å². The van der Waals surface area contributed by atoms with Crippen LogP contribution in [0.1, 0.15) is 102 Å². The topological polar surface area (TPSA) is 9.23 Å². The SMILES string of the molecule is CCCCCC1CCC(CCCC[SiH]2CCC(c3ccc(OC(F)F)c(F)c3)CC2)CC1. The lowest BCUT2D eigenvalue weighted by Crippen LogP contribution is -2.20. The third-order valence-corrected chi connectivity index (χ3v) is 11.7. The zero-order valence-corrected chi connectivity index (χ0v) is 21.1. The van der Waals surface area contributed by atoms with E-state index >= 15 is 0 Å². The van der Waals surface area contributed by atoms with Gasteiger partial charge in [0.25, 0.3) is 0 Å². The first-order valence-electron chi connectivity index (χ1n) is 13.3. The Morgan fingerprint density at radius 1 is 0.906 bits per heavy atom. The molecule has 0 aromatic heterocycles. The number of rotatable bonds is 12. The van der Waals surface area contributed by atoms with Crippen molar-refractivity contribution in [3.05, 3.63) is 29.6 Å². The Labute approximate surface area is 195 Å². The van der Waals surface area contributed by atoms with Gasteiger partial charge in [-0.1, -0.05) is 102 Å². The van der Waals surface area contributed by atoms with Crippen LogP contribution in [0.5, 0.6) is 5.75 Å². The molecule has 1 aliphatic carbocycles. The van der Waals surface area contributed by atoms with Gasteiger partial charge in [0.1, 0.15) is 0 Å². The van der Waals surface area contributed by atoms with E-state index in [1.165, 1.54) is 101 Å². The molecule has 2 aliphatic rings. The van der Waals surface area contributed by atoms with Gasteiger partial charge in [0, 0.05) is 8.80 Å². The lowest BCUT2D eigenvalue weighted by Gasteiger charge is -2.29. The van der Waals surface area contributed by atoms with Crippen LogP contribution in [-0.4, -0.2) is 15.4 Å². The van der Waals surface area contributed by atoms with Crippen LogP contribution in [0, 0.1) is 17.7 Å². The van der Waals surface area contributed by atoms with Gasteiger partial charge in [-0.15, -0.1) is 0 Å². The summed E-state index contributed by atoms with van der Waals surface area (Å²) in [5.41, 5.74) is 0.946. The molecule has 5 heteroatoms. The molecule has 182 valence electrons. The van der Waals surface area contributed by atoms with E-state index < -0.39 is 21.2 Å². The van der Waals surface area contributed by atoms with Crippen molar-refractivity contribution < 1.29 is 17.9 Å². The Morgan fingerprint density at radius 3 is 2.09 bits per heavy atom. The van der Waals surface area contributed by atoms with Crippen LogP contribution in [0.3, 0.4) is 0 Å². The molecule has 3 rings (SSSR count). The summed E-state index contributed by atoms with van der Waals surface area (Å²) in [6.45, 7) is -0.691. The van der Waals surface area contributed by atoms with Crippen molar-refractivity contribution >= 4 is 8.80 Å². The Bertz CT molecular complexity index is 652. The highest BCUT2D eigenvalue weighted by molar-refractivity contribution is 6.59. The number of halogens is 3. The largest absolute Gasteiger partial charge is 0.432 e. The number of hydrogen-bond donors (Lipinski definition) is 0. The second-order valence-electron chi connectivity index (χ2n) is 10.5. The van der Waals surface area contributed by atoms with Gasteiger partial charge in [-0.3, -0.25) is 0 Å². The fourth-order valence-electron chi connectivity index (χ4n) is 6.10. The Hall–Kier alpha value is -0.973. The zero-order valence-electron chi connectivity index (χ0n) is 20.0. The molecule has 0 bridgehead atoms. The van der Waals surface area contributed by atoms with Crippen molar-refractivity contribution in [1.82, 2.24) is 0 Å². The quantitative estimate of drug-likeness (QED) is 0.219. The number of benzene rings is 1. The van der Waals surface area contributed by atoms with Gasteiger partial charge in [0.2, 0.25) is 0 Å². The minimum Gasteiger partial charge on any atom is -0.432 e. The summed E-state index contributed by atoms with van der Waals surface area (Å²) in [7, 11) is -0.648. The smallest absolute Gasteiger partial charge is 0.387 e.